The highest BCUT2D eigenvalue weighted by molar-refractivity contribution is 4.51. The van der Waals surface area contributed by atoms with E-state index in [-0.39, 0.29) is 0 Å². The van der Waals surface area contributed by atoms with Gasteiger partial charge in [0.05, 0.1) is 0 Å². The summed E-state index contributed by atoms with van der Waals surface area (Å²) < 4.78 is 5.69. The fourth-order valence-electron chi connectivity index (χ4n) is 4.72. The summed E-state index contributed by atoms with van der Waals surface area (Å²) in [5.41, 5.74) is 0. The SMILES string of the molecule is CCCCCCCCCCCCCCCCCCCCCCCCCCOCCCCC. The van der Waals surface area contributed by atoms with Crippen LogP contribution >= 0.6 is 0 Å². The molecule has 0 aromatic carbocycles. The maximum absolute atomic E-state index is 5.69. The molecule has 0 rings (SSSR count). The van der Waals surface area contributed by atoms with Crippen molar-refractivity contribution >= 4 is 0 Å². The molecule has 0 aliphatic rings. The summed E-state index contributed by atoms with van der Waals surface area (Å²) in [5, 5.41) is 0. The Morgan fingerprint density at radius 3 is 0.719 bits per heavy atom. The van der Waals surface area contributed by atoms with Crippen molar-refractivity contribution in [3.63, 3.8) is 0 Å². The molecule has 0 spiro atoms. The van der Waals surface area contributed by atoms with Gasteiger partial charge in [0.1, 0.15) is 0 Å². The van der Waals surface area contributed by atoms with E-state index in [0.717, 1.165) is 13.2 Å². The minimum atomic E-state index is 0.979. The summed E-state index contributed by atoms with van der Waals surface area (Å²) in [7, 11) is 0. The monoisotopic (exact) mass is 452 g/mol. The molecule has 0 aliphatic heterocycles. The van der Waals surface area contributed by atoms with E-state index >= 15 is 0 Å². The molecule has 32 heavy (non-hydrogen) atoms. The van der Waals surface area contributed by atoms with Crippen LogP contribution in [0.5, 0.6) is 0 Å². The summed E-state index contributed by atoms with van der Waals surface area (Å²) in [4.78, 5) is 0. The van der Waals surface area contributed by atoms with Crippen molar-refractivity contribution in [1.82, 2.24) is 0 Å². The second-order valence-electron chi connectivity index (χ2n) is 10.5. The lowest BCUT2D eigenvalue weighted by Crippen LogP contribution is -1.96. The van der Waals surface area contributed by atoms with Gasteiger partial charge < -0.3 is 4.74 Å². The van der Waals surface area contributed by atoms with Crippen LogP contribution in [0, 0.1) is 0 Å². The first-order valence-corrected chi connectivity index (χ1v) is 15.5. The van der Waals surface area contributed by atoms with Crippen LogP contribution in [0.25, 0.3) is 0 Å². The Morgan fingerprint density at radius 1 is 0.250 bits per heavy atom. The fourth-order valence-corrected chi connectivity index (χ4v) is 4.72. The summed E-state index contributed by atoms with van der Waals surface area (Å²) in [6.07, 6.45) is 38.8. The van der Waals surface area contributed by atoms with E-state index in [1.54, 1.807) is 0 Å². The molecule has 0 saturated carbocycles. The minimum Gasteiger partial charge on any atom is -0.381 e. The zero-order chi connectivity index (χ0) is 23.2. The minimum absolute atomic E-state index is 0.979. The molecule has 0 radical (unpaired) electrons. The molecule has 0 fully saturated rings. The largest absolute Gasteiger partial charge is 0.381 e. The molecule has 0 unspecified atom stereocenters. The predicted molar refractivity (Wildman–Crippen MR) is 147 cm³/mol. The third kappa shape index (κ3) is 30.0. The number of unbranched alkanes of at least 4 members (excludes halogenated alkanes) is 25. The van der Waals surface area contributed by atoms with Crippen molar-refractivity contribution in [2.75, 3.05) is 13.2 Å². The maximum Gasteiger partial charge on any atom is 0.0466 e. The van der Waals surface area contributed by atoms with Gasteiger partial charge >= 0.3 is 0 Å². The smallest absolute Gasteiger partial charge is 0.0466 e. The molecule has 0 atom stereocenters. The highest BCUT2D eigenvalue weighted by atomic mass is 16.5. The number of hydrogen-bond acceptors (Lipinski definition) is 1. The second-order valence-corrected chi connectivity index (χ2v) is 10.5. The first-order chi connectivity index (χ1) is 15.9. The second kappa shape index (κ2) is 31.0. The van der Waals surface area contributed by atoms with Gasteiger partial charge in [-0.3, -0.25) is 0 Å². The Hall–Kier alpha value is -0.0400. The first-order valence-electron chi connectivity index (χ1n) is 15.5. The Bertz CT molecular complexity index is 271. The third-order valence-electron chi connectivity index (χ3n) is 7.03. The molecule has 0 saturated heterocycles. The molecule has 0 N–H and O–H groups in total. The van der Waals surface area contributed by atoms with E-state index in [1.807, 2.05) is 0 Å². The molecule has 0 aromatic rings. The quantitative estimate of drug-likeness (QED) is 0.102. The van der Waals surface area contributed by atoms with Crippen LogP contribution in [-0.2, 0) is 4.74 Å². The fraction of sp³-hybridized carbons (Fsp3) is 1.00. The molecule has 0 aromatic heterocycles. The highest BCUT2D eigenvalue weighted by Crippen LogP contribution is 2.15. The van der Waals surface area contributed by atoms with Gasteiger partial charge in [-0.2, -0.15) is 0 Å². The van der Waals surface area contributed by atoms with Gasteiger partial charge in [-0.05, 0) is 12.8 Å². The zero-order valence-corrected chi connectivity index (χ0v) is 22.9. The van der Waals surface area contributed by atoms with Crippen molar-refractivity contribution in [3.8, 4) is 0 Å². The van der Waals surface area contributed by atoms with Crippen LogP contribution in [0.15, 0.2) is 0 Å². The normalized spacial score (nSPS) is 11.4. The van der Waals surface area contributed by atoms with E-state index in [4.69, 9.17) is 4.74 Å². The predicted octanol–water partition coefficient (Wildman–Crippen LogP) is 11.6. The van der Waals surface area contributed by atoms with Crippen LogP contribution in [0.4, 0.5) is 0 Å². The van der Waals surface area contributed by atoms with Gasteiger partial charge in [-0.25, -0.2) is 0 Å². The van der Waals surface area contributed by atoms with Crippen molar-refractivity contribution < 1.29 is 4.74 Å². The number of rotatable bonds is 29. The standard InChI is InChI=1S/C31H64O/c1-3-5-7-8-9-10-11-12-13-14-15-16-17-18-19-20-21-22-23-24-25-26-27-29-31-32-30-28-6-4-2/h3-31H2,1-2H3. The molecule has 0 heterocycles. The Labute approximate surface area is 205 Å². The molecule has 0 aliphatic carbocycles. The summed E-state index contributed by atoms with van der Waals surface area (Å²) >= 11 is 0. The summed E-state index contributed by atoms with van der Waals surface area (Å²) in [5.74, 6) is 0. The first kappa shape index (κ1) is 32.0. The summed E-state index contributed by atoms with van der Waals surface area (Å²) in [6, 6.07) is 0. The van der Waals surface area contributed by atoms with Crippen molar-refractivity contribution in [1.29, 1.82) is 0 Å². The van der Waals surface area contributed by atoms with Crippen LogP contribution in [0.2, 0.25) is 0 Å². The van der Waals surface area contributed by atoms with E-state index in [0.29, 0.717) is 0 Å². The van der Waals surface area contributed by atoms with E-state index in [1.165, 1.54) is 173 Å². The lowest BCUT2D eigenvalue weighted by molar-refractivity contribution is 0.126. The molecule has 1 heteroatoms. The van der Waals surface area contributed by atoms with Gasteiger partial charge in [-0.15, -0.1) is 0 Å². The van der Waals surface area contributed by atoms with E-state index in [9.17, 15) is 0 Å². The maximum atomic E-state index is 5.69. The highest BCUT2D eigenvalue weighted by Gasteiger charge is 1.96. The van der Waals surface area contributed by atoms with Gasteiger partial charge in [0.2, 0.25) is 0 Å². The van der Waals surface area contributed by atoms with Crippen LogP contribution in [-0.4, -0.2) is 13.2 Å². The zero-order valence-electron chi connectivity index (χ0n) is 22.9. The van der Waals surface area contributed by atoms with E-state index in [2.05, 4.69) is 13.8 Å². The van der Waals surface area contributed by atoms with Gasteiger partial charge in [-0.1, -0.05) is 174 Å². The number of ether oxygens (including phenoxy) is 1. The van der Waals surface area contributed by atoms with Crippen LogP contribution in [0.1, 0.15) is 187 Å². The van der Waals surface area contributed by atoms with Gasteiger partial charge in [0.25, 0.3) is 0 Å². The number of hydrogen-bond donors (Lipinski definition) is 0. The van der Waals surface area contributed by atoms with Crippen molar-refractivity contribution in [2.45, 2.75) is 187 Å². The third-order valence-corrected chi connectivity index (χ3v) is 7.03. The van der Waals surface area contributed by atoms with Crippen LogP contribution in [0.3, 0.4) is 0 Å². The molecular formula is C31H64O. The lowest BCUT2D eigenvalue weighted by atomic mass is 10.0. The average molecular weight is 453 g/mol. The molecule has 0 bridgehead atoms. The molecule has 1 nitrogen and oxygen atoms in total. The lowest BCUT2D eigenvalue weighted by Gasteiger charge is -2.05. The van der Waals surface area contributed by atoms with Crippen molar-refractivity contribution in [2.24, 2.45) is 0 Å². The average Bonchev–Trinajstić information content (AvgIpc) is 2.81. The Morgan fingerprint density at radius 2 is 0.438 bits per heavy atom. The molecule has 0 amide bonds. The molecular weight excluding hydrogens is 388 g/mol. The van der Waals surface area contributed by atoms with Gasteiger partial charge in [0, 0.05) is 13.2 Å². The van der Waals surface area contributed by atoms with Crippen molar-refractivity contribution in [3.05, 3.63) is 0 Å². The van der Waals surface area contributed by atoms with E-state index < -0.39 is 0 Å². The molecule has 194 valence electrons. The Balaban J connectivity index is 2.98. The van der Waals surface area contributed by atoms with Gasteiger partial charge in [0.15, 0.2) is 0 Å². The Kier molecular flexibility index (Phi) is 30.9. The van der Waals surface area contributed by atoms with Crippen LogP contribution < -0.4 is 0 Å². The topological polar surface area (TPSA) is 9.23 Å². The summed E-state index contributed by atoms with van der Waals surface area (Å²) in [6.45, 7) is 6.52.